The van der Waals surface area contributed by atoms with E-state index in [1.54, 1.807) is 0 Å². The quantitative estimate of drug-likeness (QED) is 0.861. The molecule has 1 atom stereocenters. The monoisotopic (exact) mass is 318 g/mol. The highest BCUT2D eigenvalue weighted by Gasteiger charge is 2.22. The van der Waals surface area contributed by atoms with Crippen molar-refractivity contribution in [3.8, 4) is 0 Å². The van der Waals surface area contributed by atoms with Crippen LogP contribution in [-0.4, -0.2) is 36.5 Å². The third-order valence-electron chi connectivity index (χ3n) is 2.76. The Labute approximate surface area is 116 Å². The van der Waals surface area contributed by atoms with Crippen LogP contribution in [0.1, 0.15) is 17.3 Å². The van der Waals surface area contributed by atoms with E-state index in [1.165, 1.54) is 0 Å². The number of rotatable bonds is 1. The first-order chi connectivity index (χ1) is 7.68. The maximum atomic E-state index is 12.2. The van der Waals surface area contributed by atoms with Crippen LogP contribution in [0.25, 0.3) is 0 Å². The number of carbonyl (C=O) groups excluding carboxylic acids is 1. The minimum Gasteiger partial charge on any atom is -0.336 e. The van der Waals surface area contributed by atoms with Gasteiger partial charge in [0, 0.05) is 30.1 Å². The normalized spacial score (nSPS) is 19.6. The lowest BCUT2D eigenvalue weighted by molar-refractivity contribution is 0.0708. The van der Waals surface area contributed by atoms with Gasteiger partial charge in [0.1, 0.15) is 0 Å². The predicted octanol–water partition coefficient (Wildman–Crippen LogP) is 2.30. The van der Waals surface area contributed by atoms with Gasteiger partial charge in [0.05, 0.1) is 5.56 Å². The Kier molecular flexibility index (Phi) is 5.43. The number of benzene rings is 1. The van der Waals surface area contributed by atoms with Crippen molar-refractivity contribution in [3.63, 3.8) is 0 Å². The van der Waals surface area contributed by atoms with Crippen molar-refractivity contribution in [2.75, 3.05) is 19.6 Å². The number of carbonyl (C=O) groups is 1. The van der Waals surface area contributed by atoms with E-state index in [1.807, 2.05) is 29.2 Å². The number of hydrogen-bond donors (Lipinski definition) is 1. The van der Waals surface area contributed by atoms with Gasteiger partial charge in [-0.3, -0.25) is 4.79 Å². The average molecular weight is 320 g/mol. The topological polar surface area (TPSA) is 32.3 Å². The summed E-state index contributed by atoms with van der Waals surface area (Å²) in [5, 5.41) is 3.33. The summed E-state index contributed by atoms with van der Waals surface area (Å²) in [5.41, 5.74) is 0.747. The van der Waals surface area contributed by atoms with E-state index in [2.05, 4.69) is 28.2 Å². The Morgan fingerprint density at radius 3 is 2.82 bits per heavy atom. The number of halogens is 2. The lowest BCUT2D eigenvalue weighted by Gasteiger charge is -2.32. The molecule has 1 heterocycles. The summed E-state index contributed by atoms with van der Waals surface area (Å²) >= 11 is 3.42. The van der Waals surface area contributed by atoms with E-state index in [4.69, 9.17) is 0 Å². The van der Waals surface area contributed by atoms with E-state index in [0.29, 0.717) is 6.04 Å². The zero-order chi connectivity index (χ0) is 11.5. The first-order valence-electron chi connectivity index (χ1n) is 5.45. The predicted molar refractivity (Wildman–Crippen MR) is 74.8 cm³/mol. The molecule has 1 N–H and O–H groups in total. The molecule has 3 nitrogen and oxygen atoms in total. The van der Waals surface area contributed by atoms with Crippen molar-refractivity contribution < 1.29 is 4.79 Å². The van der Waals surface area contributed by atoms with Crippen LogP contribution in [0.5, 0.6) is 0 Å². The molecule has 94 valence electrons. The first-order valence-corrected chi connectivity index (χ1v) is 6.25. The molecule has 0 aromatic heterocycles. The van der Waals surface area contributed by atoms with Crippen molar-refractivity contribution in [2.45, 2.75) is 13.0 Å². The molecular weight excluding hydrogens is 304 g/mol. The summed E-state index contributed by atoms with van der Waals surface area (Å²) < 4.78 is 0.867. The first kappa shape index (κ1) is 14.5. The van der Waals surface area contributed by atoms with Gasteiger partial charge in [-0.25, -0.2) is 0 Å². The lowest BCUT2D eigenvalue weighted by atomic mass is 10.1. The number of amides is 1. The summed E-state index contributed by atoms with van der Waals surface area (Å²) in [6, 6.07) is 7.95. The summed E-state index contributed by atoms with van der Waals surface area (Å²) in [5.74, 6) is 0.112. The molecule has 1 saturated heterocycles. The molecule has 5 heteroatoms. The second-order valence-corrected chi connectivity index (χ2v) is 4.94. The van der Waals surface area contributed by atoms with Gasteiger partial charge >= 0.3 is 0 Å². The molecule has 1 fully saturated rings. The Balaban J connectivity index is 0.00000144. The molecule has 1 aliphatic rings. The summed E-state index contributed by atoms with van der Waals surface area (Å²) in [6.45, 7) is 4.53. The number of hydrogen-bond acceptors (Lipinski definition) is 2. The molecule has 0 spiro atoms. The largest absolute Gasteiger partial charge is 0.336 e. The van der Waals surface area contributed by atoms with Crippen molar-refractivity contribution in [1.29, 1.82) is 0 Å². The molecule has 1 aromatic rings. The van der Waals surface area contributed by atoms with Crippen molar-refractivity contribution in [3.05, 3.63) is 34.3 Å². The molecule has 0 radical (unpaired) electrons. The van der Waals surface area contributed by atoms with Crippen LogP contribution in [0, 0.1) is 0 Å². The zero-order valence-corrected chi connectivity index (χ0v) is 12.1. The van der Waals surface area contributed by atoms with Crippen LogP contribution in [-0.2, 0) is 0 Å². The van der Waals surface area contributed by atoms with Gasteiger partial charge in [-0.1, -0.05) is 12.1 Å². The number of nitrogens with one attached hydrogen (secondary N) is 1. The molecule has 0 aliphatic carbocycles. The van der Waals surface area contributed by atoms with E-state index in [0.717, 1.165) is 29.7 Å². The Morgan fingerprint density at radius 2 is 2.18 bits per heavy atom. The summed E-state index contributed by atoms with van der Waals surface area (Å²) in [6.07, 6.45) is 0. The fourth-order valence-corrected chi connectivity index (χ4v) is 2.38. The van der Waals surface area contributed by atoms with E-state index < -0.39 is 0 Å². The second-order valence-electron chi connectivity index (χ2n) is 4.09. The third kappa shape index (κ3) is 3.44. The molecule has 17 heavy (non-hydrogen) atoms. The molecule has 1 aromatic carbocycles. The Morgan fingerprint density at radius 1 is 1.47 bits per heavy atom. The van der Waals surface area contributed by atoms with Crippen LogP contribution in [0.3, 0.4) is 0 Å². The standard InChI is InChI=1S/C12H15BrN2O.ClH/c1-9-8-15(7-6-14-9)12(16)10-4-2-3-5-11(10)13;/h2-5,9,14H,6-8H2,1H3;1H/t9-;/m1./s1. The van der Waals surface area contributed by atoms with E-state index in [-0.39, 0.29) is 18.3 Å². The van der Waals surface area contributed by atoms with Gasteiger partial charge in [0.15, 0.2) is 0 Å². The maximum Gasteiger partial charge on any atom is 0.255 e. The molecular formula is C12H16BrClN2O. The average Bonchev–Trinajstić information content (AvgIpc) is 2.29. The highest BCUT2D eigenvalue weighted by molar-refractivity contribution is 9.10. The van der Waals surface area contributed by atoms with Gasteiger partial charge in [-0.05, 0) is 35.0 Å². The van der Waals surface area contributed by atoms with E-state index in [9.17, 15) is 4.79 Å². The highest BCUT2D eigenvalue weighted by atomic mass is 79.9. The van der Waals surface area contributed by atoms with E-state index >= 15 is 0 Å². The van der Waals surface area contributed by atoms with Gasteiger partial charge in [0.2, 0.25) is 0 Å². The fraction of sp³-hybridized carbons (Fsp3) is 0.417. The zero-order valence-electron chi connectivity index (χ0n) is 9.65. The highest BCUT2D eigenvalue weighted by Crippen LogP contribution is 2.18. The van der Waals surface area contributed by atoms with Crippen molar-refractivity contribution >= 4 is 34.2 Å². The SMILES string of the molecule is C[C@@H]1CN(C(=O)c2ccccc2Br)CCN1.Cl. The Bertz CT molecular complexity index is 400. The molecule has 0 bridgehead atoms. The van der Waals surface area contributed by atoms with Crippen LogP contribution in [0.2, 0.25) is 0 Å². The maximum absolute atomic E-state index is 12.2. The molecule has 1 aliphatic heterocycles. The van der Waals surface area contributed by atoms with Crippen molar-refractivity contribution in [1.82, 2.24) is 10.2 Å². The molecule has 0 unspecified atom stereocenters. The molecule has 2 rings (SSSR count). The lowest BCUT2D eigenvalue weighted by Crippen LogP contribution is -2.51. The van der Waals surface area contributed by atoms with Gasteiger partial charge in [-0.15, -0.1) is 12.4 Å². The molecule has 0 saturated carbocycles. The van der Waals surface area contributed by atoms with Crippen LogP contribution < -0.4 is 5.32 Å². The summed E-state index contributed by atoms with van der Waals surface area (Å²) in [4.78, 5) is 14.1. The fourth-order valence-electron chi connectivity index (χ4n) is 1.92. The number of piperazine rings is 1. The summed E-state index contributed by atoms with van der Waals surface area (Å²) in [7, 11) is 0. The van der Waals surface area contributed by atoms with Crippen LogP contribution in [0.15, 0.2) is 28.7 Å². The minimum absolute atomic E-state index is 0. The minimum atomic E-state index is 0. The van der Waals surface area contributed by atoms with Gasteiger partial charge in [0.25, 0.3) is 5.91 Å². The van der Waals surface area contributed by atoms with Gasteiger partial charge < -0.3 is 10.2 Å². The smallest absolute Gasteiger partial charge is 0.255 e. The number of nitrogens with zero attached hydrogens (tertiary/aromatic N) is 1. The Hall–Kier alpha value is -0.580. The third-order valence-corrected chi connectivity index (χ3v) is 3.45. The van der Waals surface area contributed by atoms with Crippen molar-refractivity contribution in [2.24, 2.45) is 0 Å². The second kappa shape index (κ2) is 6.38. The molecule has 1 amide bonds. The van der Waals surface area contributed by atoms with Crippen LogP contribution >= 0.6 is 28.3 Å². The van der Waals surface area contributed by atoms with Gasteiger partial charge in [-0.2, -0.15) is 0 Å². The van der Waals surface area contributed by atoms with Crippen LogP contribution in [0.4, 0.5) is 0 Å².